The molecule has 1 saturated heterocycles. The third kappa shape index (κ3) is 3.00. The number of hydrogen-bond donors (Lipinski definition) is 0. The number of hydrogen-bond acceptors (Lipinski definition) is 4. The number of fused-ring (bicyclic) bond motifs is 1. The van der Waals surface area contributed by atoms with Crippen LogP contribution in [0.3, 0.4) is 0 Å². The predicted molar refractivity (Wildman–Crippen MR) is 93.0 cm³/mol. The van der Waals surface area contributed by atoms with Crippen LogP contribution in [0.5, 0.6) is 0 Å². The van der Waals surface area contributed by atoms with Gasteiger partial charge in [0.05, 0.1) is 22.9 Å². The number of carbonyl (C=O) groups excluding carboxylic acids is 1. The molecule has 2 aromatic rings. The highest BCUT2D eigenvalue weighted by molar-refractivity contribution is 7.22. The Morgan fingerprint density at radius 3 is 2.96 bits per heavy atom. The van der Waals surface area contributed by atoms with E-state index in [1.54, 1.807) is 11.3 Å². The summed E-state index contributed by atoms with van der Waals surface area (Å²) in [7, 11) is 0. The Morgan fingerprint density at radius 1 is 1.39 bits per heavy atom. The third-order valence-corrected chi connectivity index (χ3v) is 5.75. The summed E-state index contributed by atoms with van der Waals surface area (Å²) in [6.07, 6.45) is 5.30. The predicted octanol–water partition coefficient (Wildman–Crippen LogP) is 3.78. The zero-order valence-corrected chi connectivity index (χ0v) is 14.3. The summed E-state index contributed by atoms with van der Waals surface area (Å²) in [6, 6.07) is 6.30. The molecular formula is C18H22N2O2S. The molecule has 1 aliphatic heterocycles. The van der Waals surface area contributed by atoms with E-state index in [0.717, 1.165) is 49.4 Å². The van der Waals surface area contributed by atoms with Crippen molar-refractivity contribution in [2.45, 2.75) is 45.1 Å². The van der Waals surface area contributed by atoms with Crippen LogP contribution in [0.4, 0.5) is 5.13 Å². The van der Waals surface area contributed by atoms with Gasteiger partial charge in [0.25, 0.3) is 0 Å². The van der Waals surface area contributed by atoms with Crippen LogP contribution in [0, 0.1) is 5.92 Å². The zero-order chi connectivity index (χ0) is 15.8. The summed E-state index contributed by atoms with van der Waals surface area (Å²) >= 11 is 1.63. The minimum absolute atomic E-state index is 0.162. The lowest BCUT2D eigenvalue weighted by atomic mass is 10.1. The summed E-state index contributed by atoms with van der Waals surface area (Å²) in [5.41, 5.74) is 2.30. The van der Waals surface area contributed by atoms with Gasteiger partial charge in [-0.3, -0.25) is 9.69 Å². The van der Waals surface area contributed by atoms with E-state index in [2.05, 4.69) is 25.1 Å². The second kappa shape index (κ2) is 6.21. The van der Waals surface area contributed by atoms with Gasteiger partial charge in [0.15, 0.2) is 5.13 Å². The Hall–Kier alpha value is -1.46. The molecule has 4 nitrogen and oxygen atoms in total. The number of anilines is 1. The summed E-state index contributed by atoms with van der Waals surface area (Å²) in [4.78, 5) is 19.5. The molecule has 1 amide bonds. The summed E-state index contributed by atoms with van der Waals surface area (Å²) < 4.78 is 6.92. The number of amides is 1. The summed E-state index contributed by atoms with van der Waals surface area (Å²) in [5.74, 6) is 0.437. The minimum Gasteiger partial charge on any atom is -0.376 e. The van der Waals surface area contributed by atoms with E-state index in [-0.39, 0.29) is 17.9 Å². The van der Waals surface area contributed by atoms with Crippen molar-refractivity contribution in [1.29, 1.82) is 0 Å². The van der Waals surface area contributed by atoms with E-state index in [0.29, 0.717) is 6.54 Å². The molecule has 1 saturated carbocycles. The lowest BCUT2D eigenvalue weighted by Gasteiger charge is -2.23. The van der Waals surface area contributed by atoms with Crippen molar-refractivity contribution in [3.63, 3.8) is 0 Å². The van der Waals surface area contributed by atoms with Crippen molar-refractivity contribution in [3.05, 3.63) is 23.8 Å². The SMILES string of the molecule is CCc1cccc2sc(N(CC3CCCO3)C(=O)C3CC3)nc12. The van der Waals surface area contributed by atoms with E-state index in [1.165, 1.54) is 10.3 Å². The lowest BCUT2D eigenvalue weighted by molar-refractivity contribution is -0.120. The van der Waals surface area contributed by atoms with E-state index < -0.39 is 0 Å². The Kier molecular flexibility index (Phi) is 4.07. The highest BCUT2D eigenvalue weighted by Gasteiger charge is 2.36. The number of rotatable bonds is 5. The number of ether oxygens (including phenoxy) is 1. The largest absolute Gasteiger partial charge is 0.376 e. The van der Waals surface area contributed by atoms with Gasteiger partial charge in [-0.2, -0.15) is 0 Å². The maximum Gasteiger partial charge on any atom is 0.231 e. The number of aromatic nitrogens is 1. The number of benzene rings is 1. The maximum absolute atomic E-state index is 12.8. The van der Waals surface area contributed by atoms with Gasteiger partial charge in [0, 0.05) is 12.5 Å². The average molecular weight is 330 g/mol. The molecule has 1 unspecified atom stereocenters. The Bertz CT molecular complexity index is 717. The van der Waals surface area contributed by atoms with Crippen LogP contribution in [0.1, 0.15) is 38.2 Å². The smallest absolute Gasteiger partial charge is 0.231 e. The number of nitrogens with zero attached hydrogens (tertiary/aromatic N) is 2. The van der Waals surface area contributed by atoms with Gasteiger partial charge in [0.2, 0.25) is 5.91 Å². The molecule has 1 aromatic heterocycles. The average Bonchev–Trinajstić information content (AvgIpc) is 3.12. The molecule has 0 radical (unpaired) electrons. The first-order chi connectivity index (χ1) is 11.3. The second-order valence-corrected chi connectivity index (χ2v) is 7.48. The quantitative estimate of drug-likeness (QED) is 0.838. The van der Waals surface area contributed by atoms with Crippen molar-refractivity contribution >= 4 is 32.6 Å². The lowest BCUT2D eigenvalue weighted by Crippen LogP contribution is -2.38. The first-order valence-electron chi connectivity index (χ1n) is 8.57. The maximum atomic E-state index is 12.8. The number of para-hydroxylation sites is 1. The van der Waals surface area contributed by atoms with Gasteiger partial charge in [-0.05, 0) is 43.7 Å². The van der Waals surface area contributed by atoms with E-state index in [4.69, 9.17) is 9.72 Å². The molecule has 1 aromatic carbocycles. The molecule has 0 N–H and O–H groups in total. The van der Waals surface area contributed by atoms with Crippen molar-refractivity contribution < 1.29 is 9.53 Å². The van der Waals surface area contributed by atoms with Crippen LogP contribution in [-0.4, -0.2) is 30.1 Å². The van der Waals surface area contributed by atoms with Crippen LogP contribution in [-0.2, 0) is 16.0 Å². The van der Waals surface area contributed by atoms with Crippen LogP contribution in [0.15, 0.2) is 18.2 Å². The molecule has 1 atom stereocenters. The van der Waals surface area contributed by atoms with Crippen molar-refractivity contribution in [3.8, 4) is 0 Å². The molecule has 0 spiro atoms. The van der Waals surface area contributed by atoms with Crippen LogP contribution in [0.25, 0.3) is 10.2 Å². The summed E-state index contributed by atoms with van der Waals surface area (Å²) in [5, 5.41) is 0.841. The highest BCUT2D eigenvalue weighted by Crippen LogP contribution is 2.37. The molecule has 122 valence electrons. The van der Waals surface area contributed by atoms with E-state index in [1.807, 2.05) is 4.90 Å². The van der Waals surface area contributed by atoms with E-state index in [9.17, 15) is 4.79 Å². The topological polar surface area (TPSA) is 42.4 Å². The number of aryl methyl sites for hydroxylation is 1. The molecular weight excluding hydrogens is 308 g/mol. The number of thiazole rings is 1. The van der Waals surface area contributed by atoms with Crippen molar-refractivity contribution in [1.82, 2.24) is 4.98 Å². The van der Waals surface area contributed by atoms with Gasteiger partial charge in [-0.15, -0.1) is 0 Å². The van der Waals surface area contributed by atoms with Gasteiger partial charge in [-0.1, -0.05) is 30.4 Å². The van der Waals surface area contributed by atoms with Gasteiger partial charge in [-0.25, -0.2) is 4.98 Å². The monoisotopic (exact) mass is 330 g/mol. The fraction of sp³-hybridized carbons (Fsp3) is 0.556. The molecule has 2 fully saturated rings. The molecule has 23 heavy (non-hydrogen) atoms. The summed E-state index contributed by atoms with van der Waals surface area (Å²) in [6.45, 7) is 3.61. The fourth-order valence-electron chi connectivity index (χ4n) is 3.20. The Labute approximate surface area is 140 Å². The first kappa shape index (κ1) is 15.1. The molecule has 2 aliphatic rings. The van der Waals surface area contributed by atoms with Crippen molar-refractivity contribution in [2.24, 2.45) is 5.92 Å². The highest BCUT2D eigenvalue weighted by atomic mass is 32.1. The first-order valence-corrected chi connectivity index (χ1v) is 9.39. The molecule has 0 bridgehead atoms. The zero-order valence-electron chi connectivity index (χ0n) is 13.5. The molecule has 5 heteroatoms. The molecule has 2 heterocycles. The fourth-order valence-corrected chi connectivity index (χ4v) is 4.23. The van der Waals surface area contributed by atoms with Crippen LogP contribution < -0.4 is 4.90 Å². The van der Waals surface area contributed by atoms with Gasteiger partial charge < -0.3 is 4.74 Å². The van der Waals surface area contributed by atoms with Crippen LogP contribution in [0.2, 0.25) is 0 Å². The molecule has 4 rings (SSSR count). The van der Waals surface area contributed by atoms with Gasteiger partial charge in [0.1, 0.15) is 0 Å². The molecule has 1 aliphatic carbocycles. The number of carbonyl (C=O) groups is 1. The normalized spacial score (nSPS) is 21.0. The second-order valence-electron chi connectivity index (χ2n) is 6.47. The third-order valence-electron chi connectivity index (χ3n) is 4.71. The van der Waals surface area contributed by atoms with Crippen molar-refractivity contribution in [2.75, 3.05) is 18.1 Å². The Morgan fingerprint density at radius 2 is 2.26 bits per heavy atom. The standard InChI is InChI=1S/C18H22N2O2S/c1-2-12-5-3-7-15-16(12)19-18(23-15)20(17(21)13-8-9-13)11-14-6-4-10-22-14/h3,5,7,13-14H,2,4,6,8-11H2,1H3. The van der Waals surface area contributed by atoms with Gasteiger partial charge >= 0.3 is 0 Å². The Balaban J connectivity index is 1.68. The van der Waals surface area contributed by atoms with E-state index >= 15 is 0 Å². The minimum atomic E-state index is 0.162. The van der Waals surface area contributed by atoms with Crippen LogP contribution >= 0.6 is 11.3 Å².